The highest BCUT2D eigenvalue weighted by Gasteiger charge is 2.57. The average molecular weight is 379 g/mol. The average Bonchev–Trinajstić information content (AvgIpc) is 3.12. The molecule has 2 N–H and O–H groups in total. The summed E-state index contributed by atoms with van der Waals surface area (Å²) < 4.78 is 1.74. The van der Waals surface area contributed by atoms with Crippen molar-refractivity contribution in [2.24, 2.45) is 11.3 Å². The predicted molar refractivity (Wildman–Crippen MR) is 99.1 cm³/mol. The summed E-state index contributed by atoms with van der Waals surface area (Å²) in [6.45, 7) is 2.48. The van der Waals surface area contributed by atoms with Gasteiger partial charge in [0.15, 0.2) is 0 Å². The number of carbonyl (C=O) groups is 1. The molecule has 1 aromatic carbocycles. The molecule has 1 unspecified atom stereocenters. The lowest BCUT2D eigenvalue weighted by Crippen LogP contribution is -2.31. The molecule has 1 saturated heterocycles. The van der Waals surface area contributed by atoms with Crippen molar-refractivity contribution in [1.82, 2.24) is 15.1 Å². The number of nitrogens with one attached hydrogen (secondary N) is 2. The molecule has 2 heterocycles. The number of amides is 1. The van der Waals surface area contributed by atoms with Crippen LogP contribution in [-0.2, 0) is 11.3 Å². The highest BCUT2D eigenvalue weighted by molar-refractivity contribution is 6.42. The second kappa shape index (κ2) is 6.63. The molecule has 132 valence electrons. The molecule has 5 nitrogen and oxygen atoms in total. The van der Waals surface area contributed by atoms with Crippen LogP contribution in [0.4, 0.5) is 5.82 Å². The van der Waals surface area contributed by atoms with Crippen LogP contribution in [0.1, 0.15) is 24.8 Å². The van der Waals surface area contributed by atoms with Gasteiger partial charge < -0.3 is 10.6 Å². The van der Waals surface area contributed by atoms with Crippen molar-refractivity contribution in [2.45, 2.75) is 25.8 Å². The highest BCUT2D eigenvalue weighted by atomic mass is 35.5. The number of hydrogen-bond donors (Lipinski definition) is 2. The smallest absolute Gasteiger partial charge is 0.229 e. The van der Waals surface area contributed by atoms with Gasteiger partial charge in [0.25, 0.3) is 0 Å². The fourth-order valence-corrected chi connectivity index (χ4v) is 4.19. The minimum Gasteiger partial charge on any atom is -0.317 e. The highest BCUT2D eigenvalue weighted by Crippen LogP contribution is 2.58. The maximum atomic E-state index is 12.7. The molecule has 0 radical (unpaired) electrons. The first-order valence-corrected chi connectivity index (χ1v) is 9.31. The number of anilines is 1. The topological polar surface area (TPSA) is 59.0 Å². The van der Waals surface area contributed by atoms with Crippen LogP contribution in [0.15, 0.2) is 30.5 Å². The van der Waals surface area contributed by atoms with Crippen molar-refractivity contribution in [1.29, 1.82) is 0 Å². The summed E-state index contributed by atoms with van der Waals surface area (Å²) in [5, 5.41) is 11.8. The van der Waals surface area contributed by atoms with Crippen LogP contribution in [0.2, 0.25) is 10.0 Å². The summed E-state index contributed by atoms with van der Waals surface area (Å²) in [6, 6.07) is 7.33. The molecule has 2 aromatic rings. The van der Waals surface area contributed by atoms with Gasteiger partial charge in [-0.05, 0) is 49.4 Å². The van der Waals surface area contributed by atoms with E-state index in [1.165, 1.54) is 0 Å². The Morgan fingerprint density at radius 2 is 2.12 bits per heavy atom. The maximum Gasteiger partial charge on any atom is 0.229 e. The van der Waals surface area contributed by atoms with Crippen molar-refractivity contribution in [3.05, 3.63) is 46.1 Å². The molecule has 7 heteroatoms. The number of benzene rings is 1. The van der Waals surface area contributed by atoms with E-state index < -0.39 is 0 Å². The molecule has 1 spiro atoms. The number of nitrogens with zero attached hydrogens (tertiary/aromatic N) is 2. The lowest BCUT2D eigenvalue weighted by atomic mass is 9.92. The molecule has 1 aliphatic heterocycles. The van der Waals surface area contributed by atoms with Gasteiger partial charge in [-0.25, -0.2) is 4.68 Å². The summed E-state index contributed by atoms with van der Waals surface area (Å²) in [7, 11) is 0. The van der Waals surface area contributed by atoms with Crippen LogP contribution in [0.3, 0.4) is 0 Å². The van der Waals surface area contributed by atoms with E-state index in [9.17, 15) is 4.79 Å². The molecule has 1 atom stereocenters. The third-order valence-corrected chi connectivity index (χ3v) is 6.28. The van der Waals surface area contributed by atoms with Gasteiger partial charge in [0.2, 0.25) is 5.91 Å². The summed E-state index contributed by atoms with van der Waals surface area (Å²) in [5.74, 6) is 0.908. The van der Waals surface area contributed by atoms with E-state index in [1.54, 1.807) is 16.9 Å². The van der Waals surface area contributed by atoms with Gasteiger partial charge in [0.1, 0.15) is 5.82 Å². The first-order valence-electron chi connectivity index (χ1n) is 8.55. The third kappa shape index (κ3) is 3.28. The van der Waals surface area contributed by atoms with E-state index >= 15 is 0 Å². The first-order chi connectivity index (χ1) is 12.1. The van der Waals surface area contributed by atoms with Crippen molar-refractivity contribution in [3.63, 3.8) is 0 Å². The number of hydrogen-bond acceptors (Lipinski definition) is 3. The molecule has 4 rings (SSSR count). The Bertz CT molecular complexity index is 798. The normalized spacial score (nSPS) is 21.3. The van der Waals surface area contributed by atoms with E-state index in [1.807, 2.05) is 18.2 Å². The first kappa shape index (κ1) is 16.9. The van der Waals surface area contributed by atoms with E-state index in [-0.39, 0.29) is 17.2 Å². The molecule has 1 aliphatic carbocycles. The Morgan fingerprint density at radius 1 is 1.32 bits per heavy atom. The van der Waals surface area contributed by atoms with Gasteiger partial charge in [-0.1, -0.05) is 35.3 Å². The fourth-order valence-electron chi connectivity index (χ4n) is 3.81. The number of piperidine rings is 1. The predicted octanol–water partition coefficient (Wildman–Crippen LogP) is 3.57. The van der Waals surface area contributed by atoms with E-state index in [0.29, 0.717) is 22.4 Å². The zero-order valence-corrected chi connectivity index (χ0v) is 15.3. The standard InChI is InChI=1S/C18H20Cl2N4O/c19-14-3-1-2-12(16(14)20)11-24-15(4-7-22-24)23-17(25)13-10-18(13)5-8-21-9-6-18/h1-4,7,13,21H,5-6,8-11H2,(H,23,25). The summed E-state index contributed by atoms with van der Waals surface area (Å²) >= 11 is 12.3. The van der Waals surface area contributed by atoms with Gasteiger partial charge in [0, 0.05) is 12.0 Å². The molecular formula is C18H20Cl2N4O. The van der Waals surface area contributed by atoms with Crippen molar-refractivity contribution >= 4 is 34.9 Å². The minimum atomic E-state index is 0.0980. The molecular weight excluding hydrogens is 359 g/mol. The molecule has 2 fully saturated rings. The maximum absolute atomic E-state index is 12.7. The number of aromatic nitrogens is 2. The van der Waals surface area contributed by atoms with Crippen molar-refractivity contribution in [3.8, 4) is 0 Å². The van der Waals surface area contributed by atoms with E-state index in [2.05, 4.69) is 15.7 Å². The zero-order valence-electron chi connectivity index (χ0n) is 13.8. The Morgan fingerprint density at radius 3 is 2.92 bits per heavy atom. The number of halogens is 2. The summed E-state index contributed by atoms with van der Waals surface area (Å²) in [4.78, 5) is 12.7. The van der Waals surface area contributed by atoms with Crippen LogP contribution in [0, 0.1) is 11.3 Å². The van der Waals surface area contributed by atoms with Gasteiger partial charge in [-0.3, -0.25) is 4.79 Å². The monoisotopic (exact) mass is 378 g/mol. The molecule has 1 saturated carbocycles. The molecule has 25 heavy (non-hydrogen) atoms. The largest absolute Gasteiger partial charge is 0.317 e. The van der Waals surface area contributed by atoms with Crippen LogP contribution in [-0.4, -0.2) is 28.8 Å². The van der Waals surface area contributed by atoms with Crippen LogP contribution >= 0.6 is 23.2 Å². The third-order valence-electron chi connectivity index (χ3n) is 5.43. The Balaban J connectivity index is 1.45. The van der Waals surface area contributed by atoms with Crippen LogP contribution in [0.5, 0.6) is 0 Å². The van der Waals surface area contributed by atoms with Gasteiger partial charge in [-0.15, -0.1) is 0 Å². The molecule has 1 amide bonds. The second-order valence-electron chi connectivity index (χ2n) is 6.95. The lowest BCUT2D eigenvalue weighted by Gasteiger charge is -2.23. The Kier molecular flexibility index (Phi) is 4.48. The minimum absolute atomic E-state index is 0.0980. The van der Waals surface area contributed by atoms with Crippen LogP contribution in [0.25, 0.3) is 0 Å². The quantitative estimate of drug-likeness (QED) is 0.854. The summed E-state index contributed by atoms with van der Waals surface area (Å²) in [6.07, 6.45) is 4.85. The van der Waals surface area contributed by atoms with E-state index in [0.717, 1.165) is 37.9 Å². The Hall–Kier alpha value is -1.56. The van der Waals surface area contributed by atoms with Crippen molar-refractivity contribution in [2.75, 3.05) is 18.4 Å². The van der Waals surface area contributed by atoms with Gasteiger partial charge >= 0.3 is 0 Å². The molecule has 2 aliphatic rings. The van der Waals surface area contributed by atoms with Gasteiger partial charge in [-0.2, -0.15) is 5.10 Å². The molecule has 0 bridgehead atoms. The second-order valence-corrected chi connectivity index (χ2v) is 7.73. The lowest BCUT2D eigenvalue weighted by molar-refractivity contribution is -0.118. The fraction of sp³-hybridized carbons (Fsp3) is 0.444. The SMILES string of the molecule is O=C(Nc1ccnn1Cc1cccc(Cl)c1Cl)C1CC12CCNCC2. The Labute approximate surface area is 156 Å². The zero-order chi connectivity index (χ0) is 17.4. The number of carbonyl (C=O) groups excluding carboxylic acids is 1. The number of rotatable bonds is 4. The van der Waals surface area contributed by atoms with E-state index in [4.69, 9.17) is 23.2 Å². The van der Waals surface area contributed by atoms with Crippen molar-refractivity contribution < 1.29 is 4.79 Å². The van der Waals surface area contributed by atoms with Crippen LogP contribution < -0.4 is 10.6 Å². The van der Waals surface area contributed by atoms with Gasteiger partial charge in [0.05, 0.1) is 22.8 Å². The summed E-state index contributed by atoms with van der Waals surface area (Å²) in [5.41, 5.74) is 1.09. The molecule has 1 aromatic heterocycles.